The van der Waals surface area contributed by atoms with Crippen molar-refractivity contribution in [3.05, 3.63) is 95.1 Å². The zero-order chi connectivity index (χ0) is 25.7. The molecule has 36 heavy (non-hydrogen) atoms. The van der Waals surface area contributed by atoms with E-state index in [1.807, 2.05) is 100 Å². The maximum absolute atomic E-state index is 12.6. The van der Waals surface area contributed by atoms with Crippen LogP contribution in [0.3, 0.4) is 0 Å². The highest BCUT2D eigenvalue weighted by atomic mass is 16.5. The molecule has 4 aromatic rings. The van der Waals surface area contributed by atoms with Gasteiger partial charge < -0.3 is 20.1 Å². The average molecular weight is 483 g/mol. The van der Waals surface area contributed by atoms with E-state index in [4.69, 9.17) is 9.47 Å². The van der Waals surface area contributed by atoms with Crippen molar-refractivity contribution in [2.45, 2.75) is 27.7 Å². The molecule has 2 amide bonds. The van der Waals surface area contributed by atoms with Gasteiger partial charge >= 0.3 is 0 Å². The number of anilines is 2. The number of aryl methyl sites for hydroxylation is 4. The van der Waals surface area contributed by atoms with Crippen molar-refractivity contribution in [3.63, 3.8) is 0 Å². The minimum atomic E-state index is -0.264. The van der Waals surface area contributed by atoms with E-state index in [1.54, 1.807) is 0 Å². The molecule has 6 nitrogen and oxygen atoms in total. The molecular formula is C30H30N2O4. The zero-order valence-corrected chi connectivity index (χ0v) is 21.0. The van der Waals surface area contributed by atoms with Crippen molar-refractivity contribution >= 4 is 34.0 Å². The summed E-state index contributed by atoms with van der Waals surface area (Å²) >= 11 is 0. The third-order valence-electron chi connectivity index (χ3n) is 5.88. The van der Waals surface area contributed by atoms with Gasteiger partial charge in [0.25, 0.3) is 11.8 Å². The van der Waals surface area contributed by atoms with E-state index in [2.05, 4.69) is 10.6 Å². The van der Waals surface area contributed by atoms with Crippen molar-refractivity contribution in [3.8, 4) is 11.5 Å². The molecule has 0 atom stereocenters. The minimum Gasteiger partial charge on any atom is -0.483 e. The van der Waals surface area contributed by atoms with Gasteiger partial charge in [0.2, 0.25) is 0 Å². The first kappa shape index (κ1) is 24.8. The summed E-state index contributed by atoms with van der Waals surface area (Å²) in [6.07, 6.45) is 0. The van der Waals surface area contributed by atoms with Crippen molar-refractivity contribution in [1.29, 1.82) is 0 Å². The molecule has 4 rings (SSSR count). The predicted octanol–water partition coefficient (Wildman–Crippen LogP) is 6.11. The summed E-state index contributed by atoms with van der Waals surface area (Å²) in [6, 6.07) is 22.9. The number of rotatable bonds is 8. The lowest BCUT2D eigenvalue weighted by Gasteiger charge is -2.14. The molecule has 0 saturated heterocycles. The molecule has 0 bridgehead atoms. The predicted molar refractivity (Wildman–Crippen MR) is 144 cm³/mol. The molecule has 0 unspecified atom stereocenters. The Labute approximate surface area is 211 Å². The smallest absolute Gasteiger partial charge is 0.262 e. The normalized spacial score (nSPS) is 10.7. The molecule has 0 heterocycles. The number of nitrogens with one attached hydrogen (secondary N) is 2. The van der Waals surface area contributed by atoms with E-state index in [9.17, 15) is 9.59 Å². The van der Waals surface area contributed by atoms with Gasteiger partial charge in [0.05, 0.1) is 0 Å². The van der Waals surface area contributed by atoms with Crippen LogP contribution in [0.1, 0.15) is 22.3 Å². The van der Waals surface area contributed by atoms with Crippen LogP contribution in [0.15, 0.2) is 72.8 Å². The van der Waals surface area contributed by atoms with Crippen LogP contribution in [-0.4, -0.2) is 25.0 Å². The standard InChI is InChI=1S/C30H30N2O4/c1-19-11-13-21(3)27(15-19)35-17-29(33)31-25-9-5-8-24-23(25)7-6-10-26(24)32-30(34)18-36-28-16-20(2)12-14-22(28)4/h5-16H,17-18H2,1-4H3,(H,31,33)(H,32,34). The van der Waals surface area contributed by atoms with Crippen LogP contribution in [0.2, 0.25) is 0 Å². The molecule has 4 aromatic carbocycles. The van der Waals surface area contributed by atoms with Crippen molar-refractivity contribution in [1.82, 2.24) is 0 Å². The van der Waals surface area contributed by atoms with Crippen LogP contribution < -0.4 is 20.1 Å². The summed E-state index contributed by atoms with van der Waals surface area (Å²) < 4.78 is 11.5. The van der Waals surface area contributed by atoms with Crippen LogP contribution in [-0.2, 0) is 9.59 Å². The number of hydrogen-bond acceptors (Lipinski definition) is 4. The van der Waals surface area contributed by atoms with Crippen LogP contribution in [0.4, 0.5) is 11.4 Å². The van der Waals surface area contributed by atoms with Gasteiger partial charge in [-0.1, -0.05) is 48.5 Å². The van der Waals surface area contributed by atoms with E-state index >= 15 is 0 Å². The first-order valence-electron chi connectivity index (χ1n) is 11.8. The summed E-state index contributed by atoms with van der Waals surface area (Å²) in [5.74, 6) is 0.854. The second-order valence-electron chi connectivity index (χ2n) is 8.92. The molecule has 184 valence electrons. The van der Waals surface area contributed by atoms with E-state index in [1.165, 1.54) is 0 Å². The van der Waals surface area contributed by atoms with Crippen molar-refractivity contribution in [2.24, 2.45) is 0 Å². The fourth-order valence-electron chi connectivity index (χ4n) is 3.91. The Bertz CT molecular complexity index is 1320. The van der Waals surface area contributed by atoms with Crippen LogP contribution in [0.5, 0.6) is 11.5 Å². The van der Waals surface area contributed by atoms with Gasteiger partial charge in [0.15, 0.2) is 13.2 Å². The largest absolute Gasteiger partial charge is 0.483 e. The van der Waals surface area contributed by atoms with Gasteiger partial charge in [-0.3, -0.25) is 9.59 Å². The molecule has 0 fully saturated rings. The van der Waals surface area contributed by atoms with Crippen LogP contribution in [0.25, 0.3) is 10.8 Å². The average Bonchev–Trinajstić information content (AvgIpc) is 2.85. The van der Waals surface area contributed by atoms with Crippen molar-refractivity contribution in [2.75, 3.05) is 23.8 Å². The van der Waals surface area contributed by atoms with E-state index in [0.29, 0.717) is 22.9 Å². The molecule has 2 N–H and O–H groups in total. The minimum absolute atomic E-state index is 0.104. The third-order valence-corrected chi connectivity index (χ3v) is 5.88. The molecule has 6 heteroatoms. The highest BCUT2D eigenvalue weighted by Gasteiger charge is 2.12. The maximum Gasteiger partial charge on any atom is 0.262 e. The second-order valence-corrected chi connectivity index (χ2v) is 8.92. The number of hydrogen-bond donors (Lipinski definition) is 2. The highest BCUT2D eigenvalue weighted by molar-refractivity contribution is 6.09. The molecule has 0 radical (unpaired) electrons. The first-order chi connectivity index (χ1) is 17.3. The lowest BCUT2D eigenvalue weighted by Crippen LogP contribution is -2.21. The van der Waals surface area contributed by atoms with Crippen molar-refractivity contribution < 1.29 is 19.1 Å². The number of fused-ring (bicyclic) bond motifs is 1. The van der Waals surface area contributed by atoms with Gasteiger partial charge in [0, 0.05) is 22.1 Å². The Balaban J connectivity index is 1.43. The molecule has 0 aliphatic carbocycles. The molecule has 0 saturated carbocycles. The number of carbonyl (C=O) groups is 2. The topological polar surface area (TPSA) is 76.7 Å². The third kappa shape index (κ3) is 6.02. The lowest BCUT2D eigenvalue weighted by molar-refractivity contribution is -0.118. The van der Waals surface area contributed by atoms with E-state index < -0.39 is 0 Å². The fourth-order valence-corrected chi connectivity index (χ4v) is 3.91. The summed E-state index contributed by atoms with van der Waals surface area (Å²) in [5, 5.41) is 7.48. The first-order valence-corrected chi connectivity index (χ1v) is 11.8. The number of amides is 2. The van der Waals surface area contributed by atoms with Gasteiger partial charge in [-0.2, -0.15) is 0 Å². The summed E-state index contributed by atoms with van der Waals surface area (Å²) in [5.41, 5.74) is 5.37. The summed E-state index contributed by atoms with van der Waals surface area (Å²) in [7, 11) is 0. The molecule has 0 aromatic heterocycles. The Morgan fingerprint density at radius 2 is 1.03 bits per heavy atom. The molecule has 0 spiro atoms. The lowest BCUT2D eigenvalue weighted by atomic mass is 10.1. The van der Waals surface area contributed by atoms with Gasteiger partial charge in [-0.25, -0.2) is 0 Å². The maximum atomic E-state index is 12.6. The Hall–Kier alpha value is -4.32. The summed E-state index contributed by atoms with van der Waals surface area (Å²) in [4.78, 5) is 25.3. The monoisotopic (exact) mass is 482 g/mol. The number of ether oxygens (including phenoxy) is 2. The van der Waals surface area contributed by atoms with E-state index in [-0.39, 0.29) is 25.0 Å². The molecule has 0 aliphatic rings. The van der Waals surface area contributed by atoms with Gasteiger partial charge in [-0.15, -0.1) is 0 Å². The Morgan fingerprint density at radius 1 is 0.611 bits per heavy atom. The fraction of sp³-hybridized carbons (Fsp3) is 0.200. The van der Waals surface area contributed by atoms with Gasteiger partial charge in [0.1, 0.15) is 11.5 Å². The summed E-state index contributed by atoms with van der Waals surface area (Å²) in [6.45, 7) is 7.64. The number of benzene rings is 4. The van der Waals surface area contributed by atoms with Gasteiger partial charge in [-0.05, 0) is 74.2 Å². The SMILES string of the molecule is Cc1ccc(C)c(OCC(=O)Nc2cccc3c(NC(=O)COc4cc(C)ccc4C)cccc23)c1. The number of carbonyl (C=O) groups excluding carboxylic acids is 2. The Kier molecular flexibility index (Phi) is 7.54. The van der Waals surface area contributed by atoms with Crippen LogP contribution >= 0.6 is 0 Å². The molecular weight excluding hydrogens is 452 g/mol. The Morgan fingerprint density at radius 3 is 1.44 bits per heavy atom. The second kappa shape index (κ2) is 11.0. The zero-order valence-electron chi connectivity index (χ0n) is 21.0. The molecule has 0 aliphatic heterocycles. The van der Waals surface area contributed by atoms with Crippen LogP contribution in [0, 0.1) is 27.7 Å². The van der Waals surface area contributed by atoms with E-state index in [0.717, 1.165) is 33.0 Å². The highest BCUT2D eigenvalue weighted by Crippen LogP contribution is 2.29. The quantitative estimate of drug-likeness (QED) is 0.318.